The molecule has 0 saturated carbocycles. The Balaban J connectivity index is 2.42. The Hall–Kier alpha value is -1.75. The number of rotatable bonds is 4. The second kappa shape index (κ2) is 5.27. The molecule has 0 fully saturated rings. The van der Waals surface area contributed by atoms with Gasteiger partial charge in [0.1, 0.15) is 9.88 Å². The largest absolute Gasteiger partial charge is 0.477 e. The average molecular weight is 262 g/mol. The van der Waals surface area contributed by atoms with Gasteiger partial charge in [-0.25, -0.2) is 9.78 Å². The van der Waals surface area contributed by atoms with Gasteiger partial charge in [-0.2, -0.15) is 0 Å². The predicted octanol–water partition coefficient (Wildman–Crippen LogP) is 3.10. The molecule has 94 valence electrons. The van der Waals surface area contributed by atoms with Crippen LogP contribution in [-0.4, -0.2) is 21.0 Å². The standard InChI is InChI=1S/C13H14N2O2S/c1-8(2)7-10-11(13(16)17)18-12(15-10)9-3-5-14-6-4-9/h3-6,8H,7H2,1-2H3,(H,16,17). The van der Waals surface area contributed by atoms with Gasteiger partial charge in [-0.05, 0) is 24.5 Å². The fourth-order valence-corrected chi connectivity index (χ4v) is 2.60. The number of pyridine rings is 1. The minimum absolute atomic E-state index is 0.343. The van der Waals surface area contributed by atoms with Gasteiger partial charge in [-0.1, -0.05) is 13.8 Å². The van der Waals surface area contributed by atoms with Crippen molar-refractivity contribution in [2.75, 3.05) is 0 Å². The molecule has 0 amide bonds. The third-order valence-corrected chi connectivity index (χ3v) is 3.56. The van der Waals surface area contributed by atoms with Gasteiger partial charge in [-0.15, -0.1) is 11.3 Å². The molecule has 0 bridgehead atoms. The van der Waals surface area contributed by atoms with Crippen LogP contribution in [0, 0.1) is 5.92 Å². The van der Waals surface area contributed by atoms with Gasteiger partial charge < -0.3 is 5.11 Å². The molecule has 2 aromatic rings. The molecular weight excluding hydrogens is 248 g/mol. The topological polar surface area (TPSA) is 63.1 Å². The lowest BCUT2D eigenvalue weighted by Gasteiger charge is -2.01. The Labute approximate surface area is 109 Å². The highest BCUT2D eigenvalue weighted by atomic mass is 32.1. The van der Waals surface area contributed by atoms with E-state index in [1.807, 2.05) is 12.1 Å². The maximum absolute atomic E-state index is 11.2. The van der Waals surface area contributed by atoms with Crippen molar-refractivity contribution in [1.82, 2.24) is 9.97 Å². The molecule has 0 aliphatic rings. The van der Waals surface area contributed by atoms with Gasteiger partial charge in [0.05, 0.1) is 5.69 Å². The van der Waals surface area contributed by atoms with Gasteiger partial charge in [0.2, 0.25) is 0 Å². The van der Waals surface area contributed by atoms with Crippen molar-refractivity contribution >= 4 is 17.3 Å². The molecule has 5 heteroatoms. The Morgan fingerprint density at radius 1 is 1.39 bits per heavy atom. The maximum Gasteiger partial charge on any atom is 0.347 e. The molecule has 2 heterocycles. The molecule has 18 heavy (non-hydrogen) atoms. The van der Waals surface area contributed by atoms with E-state index in [1.54, 1.807) is 12.4 Å². The molecule has 0 unspecified atom stereocenters. The maximum atomic E-state index is 11.2. The number of thiazole rings is 1. The second-order valence-electron chi connectivity index (χ2n) is 4.43. The Morgan fingerprint density at radius 3 is 2.61 bits per heavy atom. The predicted molar refractivity (Wildman–Crippen MR) is 70.8 cm³/mol. The summed E-state index contributed by atoms with van der Waals surface area (Å²) < 4.78 is 0. The summed E-state index contributed by atoms with van der Waals surface area (Å²) in [6, 6.07) is 3.67. The summed E-state index contributed by atoms with van der Waals surface area (Å²) in [5.74, 6) is -0.515. The van der Waals surface area contributed by atoms with Gasteiger partial charge >= 0.3 is 5.97 Å². The molecule has 4 nitrogen and oxygen atoms in total. The van der Waals surface area contributed by atoms with Crippen LogP contribution in [0.15, 0.2) is 24.5 Å². The Bertz CT molecular complexity index is 549. The summed E-state index contributed by atoms with van der Waals surface area (Å²) in [5, 5.41) is 9.94. The highest BCUT2D eigenvalue weighted by molar-refractivity contribution is 7.17. The zero-order chi connectivity index (χ0) is 13.1. The molecular formula is C13H14N2O2S. The number of hydrogen-bond donors (Lipinski definition) is 1. The lowest BCUT2D eigenvalue weighted by molar-refractivity contribution is 0.0700. The first-order valence-corrected chi connectivity index (χ1v) is 6.53. The SMILES string of the molecule is CC(C)Cc1nc(-c2ccncc2)sc1C(=O)O. The molecule has 0 spiro atoms. The number of hydrogen-bond acceptors (Lipinski definition) is 4. The minimum atomic E-state index is -0.900. The van der Waals surface area contributed by atoms with Crippen LogP contribution in [0.25, 0.3) is 10.6 Å². The highest BCUT2D eigenvalue weighted by Crippen LogP contribution is 2.29. The van der Waals surface area contributed by atoms with Crippen molar-refractivity contribution in [1.29, 1.82) is 0 Å². The van der Waals surface area contributed by atoms with Crippen molar-refractivity contribution in [2.45, 2.75) is 20.3 Å². The molecule has 0 atom stereocenters. The molecule has 2 aromatic heterocycles. The smallest absolute Gasteiger partial charge is 0.347 e. The molecule has 0 radical (unpaired) electrons. The van der Waals surface area contributed by atoms with Gasteiger partial charge in [0.15, 0.2) is 0 Å². The van der Waals surface area contributed by atoms with Crippen LogP contribution in [0.2, 0.25) is 0 Å². The average Bonchev–Trinajstić information content (AvgIpc) is 2.73. The van der Waals surface area contributed by atoms with E-state index in [2.05, 4.69) is 23.8 Å². The molecule has 0 aliphatic heterocycles. The summed E-state index contributed by atoms with van der Waals surface area (Å²) in [5.41, 5.74) is 1.59. The van der Waals surface area contributed by atoms with Gasteiger partial charge in [0, 0.05) is 18.0 Å². The number of aromatic nitrogens is 2. The van der Waals surface area contributed by atoms with Crippen LogP contribution in [0.5, 0.6) is 0 Å². The van der Waals surface area contributed by atoms with E-state index in [9.17, 15) is 9.90 Å². The number of carbonyl (C=O) groups is 1. The van der Waals surface area contributed by atoms with Crippen molar-refractivity contribution < 1.29 is 9.90 Å². The van der Waals surface area contributed by atoms with Crippen LogP contribution in [0.4, 0.5) is 0 Å². The molecule has 2 rings (SSSR count). The van der Waals surface area contributed by atoms with E-state index in [4.69, 9.17) is 0 Å². The zero-order valence-corrected chi connectivity index (χ0v) is 11.1. The lowest BCUT2D eigenvalue weighted by atomic mass is 10.1. The van der Waals surface area contributed by atoms with Crippen molar-refractivity contribution in [2.24, 2.45) is 5.92 Å². The van der Waals surface area contributed by atoms with E-state index in [1.165, 1.54) is 11.3 Å². The normalized spacial score (nSPS) is 10.8. The van der Waals surface area contributed by atoms with E-state index >= 15 is 0 Å². The minimum Gasteiger partial charge on any atom is -0.477 e. The molecule has 0 aromatic carbocycles. The van der Waals surface area contributed by atoms with E-state index < -0.39 is 5.97 Å². The summed E-state index contributed by atoms with van der Waals surface area (Å²) >= 11 is 1.22. The van der Waals surface area contributed by atoms with E-state index in [0.717, 1.165) is 10.6 Å². The molecule has 0 saturated heterocycles. The van der Waals surface area contributed by atoms with E-state index in [-0.39, 0.29) is 0 Å². The van der Waals surface area contributed by atoms with Crippen LogP contribution >= 0.6 is 11.3 Å². The number of nitrogens with zero attached hydrogens (tertiary/aromatic N) is 2. The third-order valence-electron chi connectivity index (χ3n) is 2.42. The number of carboxylic acids is 1. The second-order valence-corrected chi connectivity index (χ2v) is 5.43. The first-order chi connectivity index (χ1) is 8.58. The van der Waals surface area contributed by atoms with Crippen LogP contribution < -0.4 is 0 Å². The Kier molecular flexibility index (Phi) is 3.72. The lowest BCUT2D eigenvalue weighted by Crippen LogP contribution is -2.02. The summed E-state index contributed by atoms with van der Waals surface area (Å²) in [6.45, 7) is 4.11. The Morgan fingerprint density at radius 2 is 2.06 bits per heavy atom. The fraction of sp³-hybridized carbons (Fsp3) is 0.308. The van der Waals surface area contributed by atoms with Crippen LogP contribution in [0.3, 0.4) is 0 Å². The van der Waals surface area contributed by atoms with Crippen molar-refractivity contribution in [3.8, 4) is 10.6 Å². The highest BCUT2D eigenvalue weighted by Gasteiger charge is 2.18. The first-order valence-electron chi connectivity index (χ1n) is 5.71. The summed E-state index contributed by atoms with van der Waals surface area (Å²) in [7, 11) is 0. The van der Waals surface area contributed by atoms with Gasteiger partial charge in [0.25, 0.3) is 0 Å². The number of aromatic carboxylic acids is 1. The summed E-state index contributed by atoms with van der Waals surface area (Å²) in [6.07, 6.45) is 4.04. The quantitative estimate of drug-likeness (QED) is 0.919. The fourth-order valence-electron chi connectivity index (χ4n) is 1.66. The molecule has 1 N–H and O–H groups in total. The zero-order valence-electron chi connectivity index (χ0n) is 10.3. The third kappa shape index (κ3) is 2.73. The van der Waals surface area contributed by atoms with E-state index in [0.29, 0.717) is 22.9 Å². The van der Waals surface area contributed by atoms with Crippen LogP contribution in [-0.2, 0) is 6.42 Å². The van der Waals surface area contributed by atoms with Gasteiger partial charge in [-0.3, -0.25) is 4.98 Å². The van der Waals surface area contributed by atoms with Crippen molar-refractivity contribution in [3.05, 3.63) is 35.1 Å². The summed E-state index contributed by atoms with van der Waals surface area (Å²) in [4.78, 5) is 19.9. The molecule has 0 aliphatic carbocycles. The van der Waals surface area contributed by atoms with Crippen molar-refractivity contribution in [3.63, 3.8) is 0 Å². The first kappa shape index (κ1) is 12.7. The monoisotopic (exact) mass is 262 g/mol. The van der Waals surface area contributed by atoms with Crippen LogP contribution in [0.1, 0.15) is 29.2 Å². The number of carboxylic acid groups (broad SMARTS) is 1.